The van der Waals surface area contributed by atoms with E-state index < -0.39 is 35.2 Å². The van der Waals surface area contributed by atoms with E-state index in [9.17, 15) is 44.8 Å². The van der Waals surface area contributed by atoms with Crippen LogP contribution >= 0.6 is 0 Å². The SMILES string of the molecule is Cc1cc(-c2ccc(-n3c4ccccc4c4cc(-c5ccc(C(F)(F)F)cc5C)ccc43)cc2-c2cc(C#N)ccc2-n2c3ccccc3c3cc(-c4ccc(C)cc4C(F)(F)F)ccc32)cc(C(F)(F)F)c1. The summed E-state index contributed by atoms with van der Waals surface area (Å²) < 4.78 is 132. The minimum Gasteiger partial charge on any atom is -0.309 e. The summed E-state index contributed by atoms with van der Waals surface area (Å²) in [5, 5.41) is 13.5. The first kappa shape index (κ1) is 46.8. The van der Waals surface area contributed by atoms with Crippen molar-refractivity contribution in [3.8, 4) is 62.0 Å². The third kappa shape index (κ3) is 8.15. The van der Waals surface area contributed by atoms with E-state index in [4.69, 9.17) is 0 Å². The highest BCUT2D eigenvalue weighted by atomic mass is 19.4. The summed E-state index contributed by atoms with van der Waals surface area (Å²) in [7, 11) is 0. The Labute approximate surface area is 412 Å². The Morgan fingerprint density at radius 2 is 0.973 bits per heavy atom. The van der Waals surface area contributed by atoms with E-state index in [1.54, 1.807) is 75.4 Å². The van der Waals surface area contributed by atoms with Crippen molar-refractivity contribution in [2.75, 3.05) is 0 Å². The number of benzene rings is 9. The van der Waals surface area contributed by atoms with E-state index in [0.717, 1.165) is 57.5 Å². The molecule has 73 heavy (non-hydrogen) atoms. The van der Waals surface area contributed by atoms with Crippen LogP contribution in [0.4, 0.5) is 39.5 Å². The molecule has 0 saturated carbocycles. The Balaban J connectivity index is 1.17. The van der Waals surface area contributed by atoms with Gasteiger partial charge in [0.25, 0.3) is 0 Å². The Bertz CT molecular complexity index is 4100. The molecule has 9 aromatic carbocycles. The fraction of sp³-hybridized carbons (Fsp3) is 0.0984. The lowest BCUT2D eigenvalue weighted by molar-refractivity contribution is -0.138. The number of rotatable bonds is 6. The summed E-state index contributed by atoms with van der Waals surface area (Å²) in [5.41, 5.74) is 6.55. The number of nitrogens with zero attached hydrogens (tertiary/aromatic N) is 3. The monoisotopic (exact) mass is 983 g/mol. The molecule has 2 heterocycles. The summed E-state index contributed by atoms with van der Waals surface area (Å²) in [6.07, 6.45) is -13.8. The van der Waals surface area contributed by atoms with Crippen LogP contribution in [0.1, 0.15) is 38.9 Å². The lowest BCUT2D eigenvalue weighted by Gasteiger charge is -2.20. The van der Waals surface area contributed by atoms with Gasteiger partial charge in [-0.1, -0.05) is 84.4 Å². The predicted octanol–water partition coefficient (Wildman–Crippen LogP) is 18.4. The number of aryl methyl sites for hydroxylation is 3. The molecule has 0 N–H and O–H groups in total. The average molecular weight is 984 g/mol. The second-order valence-electron chi connectivity index (χ2n) is 18.4. The van der Waals surface area contributed by atoms with Gasteiger partial charge < -0.3 is 9.13 Å². The van der Waals surface area contributed by atoms with Crippen molar-refractivity contribution in [2.24, 2.45) is 0 Å². The van der Waals surface area contributed by atoms with Crippen LogP contribution in [-0.2, 0) is 18.5 Å². The fourth-order valence-corrected chi connectivity index (χ4v) is 10.4. The normalized spacial score (nSPS) is 12.4. The van der Waals surface area contributed by atoms with Gasteiger partial charge in [-0.05, 0) is 168 Å². The Morgan fingerprint density at radius 3 is 1.60 bits per heavy atom. The fourth-order valence-electron chi connectivity index (χ4n) is 10.4. The quantitative estimate of drug-likeness (QED) is 0.153. The number of nitriles is 1. The molecule has 11 rings (SSSR count). The molecule has 0 bridgehead atoms. The summed E-state index contributed by atoms with van der Waals surface area (Å²) in [5.74, 6) is 0. The molecule has 360 valence electrons. The number of para-hydroxylation sites is 2. The van der Waals surface area contributed by atoms with Crippen molar-refractivity contribution in [1.82, 2.24) is 9.13 Å². The van der Waals surface area contributed by atoms with E-state index in [1.165, 1.54) is 12.1 Å². The van der Waals surface area contributed by atoms with Gasteiger partial charge in [0.15, 0.2) is 0 Å². The Kier molecular flexibility index (Phi) is 10.9. The Morgan fingerprint density at radius 1 is 0.384 bits per heavy atom. The molecule has 11 aromatic rings. The molecule has 0 aliphatic carbocycles. The molecule has 0 unspecified atom stereocenters. The molecule has 0 radical (unpaired) electrons. The zero-order valence-electron chi connectivity index (χ0n) is 39.0. The first-order valence-corrected chi connectivity index (χ1v) is 23.1. The second kappa shape index (κ2) is 17.1. The smallest absolute Gasteiger partial charge is 0.309 e. The average Bonchev–Trinajstić information content (AvgIpc) is 3.87. The first-order chi connectivity index (χ1) is 34.8. The molecule has 0 amide bonds. The highest BCUT2D eigenvalue weighted by molar-refractivity contribution is 6.12. The van der Waals surface area contributed by atoms with Crippen LogP contribution in [0.25, 0.3) is 99.5 Å². The minimum absolute atomic E-state index is 0.0183. The van der Waals surface area contributed by atoms with Gasteiger partial charge in [0.05, 0.1) is 56.1 Å². The third-order valence-corrected chi connectivity index (χ3v) is 13.6. The summed E-state index contributed by atoms with van der Waals surface area (Å²) in [6.45, 7) is 4.83. The van der Waals surface area contributed by atoms with Crippen LogP contribution in [0, 0.1) is 32.1 Å². The lowest BCUT2D eigenvalue weighted by Crippen LogP contribution is -2.07. The van der Waals surface area contributed by atoms with Crippen LogP contribution in [0.5, 0.6) is 0 Å². The zero-order chi connectivity index (χ0) is 51.3. The van der Waals surface area contributed by atoms with Crippen LogP contribution in [0.15, 0.2) is 176 Å². The highest BCUT2D eigenvalue weighted by Gasteiger charge is 2.35. The third-order valence-electron chi connectivity index (χ3n) is 13.6. The van der Waals surface area contributed by atoms with Gasteiger partial charge in [-0.2, -0.15) is 44.8 Å². The predicted molar refractivity (Wildman–Crippen MR) is 271 cm³/mol. The molecule has 0 fully saturated rings. The number of hydrogen-bond donors (Lipinski definition) is 0. The van der Waals surface area contributed by atoms with Crippen molar-refractivity contribution >= 4 is 43.6 Å². The van der Waals surface area contributed by atoms with Crippen LogP contribution in [-0.4, -0.2) is 9.13 Å². The van der Waals surface area contributed by atoms with Crippen molar-refractivity contribution in [3.05, 3.63) is 215 Å². The van der Waals surface area contributed by atoms with Gasteiger partial charge in [0.1, 0.15) is 0 Å². The molecule has 0 aliphatic rings. The van der Waals surface area contributed by atoms with Gasteiger partial charge in [-0.3, -0.25) is 0 Å². The number of alkyl halides is 9. The largest absolute Gasteiger partial charge is 0.417 e. The standard InChI is InChI=1S/C61H38F9N3/c1-34-12-18-46(53(26-34)61(68,69)70)39-15-23-58-52(31-39)48-9-5-7-11-55(48)73(58)57-21-13-37(33-71)28-50(57)49-32-43(17-20-45(49)40-24-35(2)25-42(29-40)60(65,66)67)72-54-10-6-4-8-47(54)51-30-38(14-22-56(51)72)44-19-16-41(27-36(44)3)59(62,63)64/h4-32H,1-3H3. The van der Waals surface area contributed by atoms with E-state index in [2.05, 4.69) is 6.07 Å². The van der Waals surface area contributed by atoms with Crippen molar-refractivity contribution in [1.29, 1.82) is 5.26 Å². The molecule has 2 aromatic heterocycles. The number of hydrogen-bond acceptors (Lipinski definition) is 1. The van der Waals surface area contributed by atoms with Crippen LogP contribution in [0.2, 0.25) is 0 Å². The molecule has 0 spiro atoms. The molecular formula is C61H38F9N3. The van der Waals surface area contributed by atoms with E-state index in [1.807, 2.05) is 88.0 Å². The van der Waals surface area contributed by atoms with Crippen LogP contribution < -0.4 is 0 Å². The van der Waals surface area contributed by atoms with Crippen molar-refractivity contribution in [3.63, 3.8) is 0 Å². The Hall–Kier alpha value is -8.56. The maximum absolute atomic E-state index is 14.6. The molecule has 0 saturated heterocycles. The number of halogens is 9. The highest BCUT2D eigenvalue weighted by Crippen LogP contribution is 2.46. The summed E-state index contributed by atoms with van der Waals surface area (Å²) in [4.78, 5) is 0. The summed E-state index contributed by atoms with van der Waals surface area (Å²) >= 11 is 0. The van der Waals surface area contributed by atoms with Gasteiger partial charge >= 0.3 is 18.5 Å². The molecule has 3 nitrogen and oxygen atoms in total. The first-order valence-electron chi connectivity index (χ1n) is 23.1. The second-order valence-corrected chi connectivity index (χ2v) is 18.4. The van der Waals surface area contributed by atoms with Crippen molar-refractivity contribution < 1.29 is 39.5 Å². The van der Waals surface area contributed by atoms with E-state index in [-0.39, 0.29) is 16.7 Å². The molecular weight excluding hydrogens is 946 g/mol. The topological polar surface area (TPSA) is 33.6 Å². The zero-order valence-corrected chi connectivity index (χ0v) is 39.0. The lowest BCUT2D eigenvalue weighted by atomic mass is 9.90. The maximum Gasteiger partial charge on any atom is 0.417 e. The number of aromatic nitrogens is 2. The van der Waals surface area contributed by atoms with E-state index >= 15 is 0 Å². The summed E-state index contributed by atoms with van der Waals surface area (Å²) in [6, 6.07) is 50.5. The van der Waals surface area contributed by atoms with Crippen LogP contribution in [0.3, 0.4) is 0 Å². The molecule has 12 heteroatoms. The van der Waals surface area contributed by atoms with E-state index in [0.29, 0.717) is 77.9 Å². The van der Waals surface area contributed by atoms with Gasteiger partial charge in [0.2, 0.25) is 0 Å². The molecule has 0 aliphatic heterocycles. The van der Waals surface area contributed by atoms with Gasteiger partial charge in [-0.15, -0.1) is 0 Å². The number of fused-ring (bicyclic) bond motifs is 6. The minimum atomic E-state index is -4.67. The van der Waals surface area contributed by atoms with Crippen molar-refractivity contribution in [2.45, 2.75) is 39.3 Å². The van der Waals surface area contributed by atoms with Gasteiger partial charge in [0, 0.05) is 32.8 Å². The molecule has 0 atom stereocenters. The maximum atomic E-state index is 14.6. The van der Waals surface area contributed by atoms with Gasteiger partial charge in [-0.25, -0.2) is 0 Å².